The van der Waals surface area contributed by atoms with Crippen molar-refractivity contribution >= 4 is 22.8 Å². The Balaban J connectivity index is 1.62. The topological polar surface area (TPSA) is 68.3 Å². The summed E-state index contributed by atoms with van der Waals surface area (Å²) in [5.41, 5.74) is 1.56. The summed E-state index contributed by atoms with van der Waals surface area (Å²) in [5, 5.41) is 3.65. The van der Waals surface area contributed by atoms with Gasteiger partial charge in [0.1, 0.15) is 11.5 Å². The Hall–Kier alpha value is -3.28. The van der Waals surface area contributed by atoms with Crippen molar-refractivity contribution in [1.82, 2.24) is 10.3 Å². The number of amides is 1. The zero-order valence-electron chi connectivity index (χ0n) is 15.0. The number of benzene rings is 2. The smallest absolute Gasteiger partial charge is 0.357 e. The van der Waals surface area contributed by atoms with Crippen LogP contribution in [-0.4, -0.2) is 23.0 Å². The van der Waals surface area contributed by atoms with Crippen LogP contribution >= 0.6 is 0 Å². The molecule has 0 aliphatic heterocycles. The molecule has 5 nitrogen and oxygen atoms in total. The zero-order valence-corrected chi connectivity index (χ0v) is 15.0. The number of rotatable bonds is 5. The predicted octanol–water partition coefficient (Wildman–Crippen LogP) is 3.80. The second-order valence-corrected chi connectivity index (χ2v) is 6.22. The highest BCUT2D eigenvalue weighted by molar-refractivity contribution is 5.93. The second kappa shape index (κ2) is 7.95. The Bertz CT molecular complexity index is 973. The number of nitrogens with zero attached hydrogens (tertiary/aromatic N) is 1. The third kappa shape index (κ3) is 4.47. The number of carbonyl (C=O) groups excluding carboxylic acids is 2. The fraction of sp³-hybridized carbons (Fsp3) is 0.190. The van der Waals surface area contributed by atoms with Gasteiger partial charge in [-0.15, -0.1) is 0 Å². The molecule has 1 amide bonds. The van der Waals surface area contributed by atoms with Crippen LogP contribution in [0.25, 0.3) is 10.9 Å². The molecule has 0 aliphatic rings. The minimum atomic E-state index is -0.992. The monoisotopic (exact) mass is 366 g/mol. The minimum Gasteiger partial charge on any atom is -0.448 e. The number of hydrogen-bond donors (Lipinski definition) is 1. The highest BCUT2D eigenvalue weighted by atomic mass is 19.1. The average molecular weight is 366 g/mol. The van der Waals surface area contributed by atoms with Gasteiger partial charge in [0.05, 0.1) is 11.6 Å². The Morgan fingerprint density at radius 3 is 2.44 bits per heavy atom. The molecule has 138 valence electrons. The second-order valence-electron chi connectivity index (χ2n) is 6.22. The fourth-order valence-electron chi connectivity index (χ4n) is 2.62. The van der Waals surface area contributed by atoms with Gasteiger partial charge in [-0.1, -0.05) is 36.4 Å². The Morgan fingerprint density at radius 1 is 1.00 bits per heavy atom. The molecule has 0 unspecified atom stereocenters. The van der Waals surface area contributed by atoms with E-state index in [2.05, 4.69) is 10.3 Å². The van der Waals surface area contributed by atoms with Crippen LogP contribution in [-0.2, 0) is 9.53 Å². The van der Waals surface area contributed by atoms with E-state index < -0.39 is 18.0 Å². The van der Waals surface area contributed by atoms with Gasteiger partial charge in [-0.25, -0.2) is 14.2 Å². The standard InChI is InChI=1S/C21H19FN2O3/c1-13(15-7-10-17(22)11-8-15)23-20(25)14(2)27-21(26)19-12-9-16-5-3-4-6-18(16)24-19/h3-14H,1-2H3,(H,23,25)/t13-,14+/m1/s1. The lowest BCUT2D eigenvalue weighted by Crippen LogP contribution is -2.37. The number of pyridine rings is 1. The van der Waals surface area contributed by atoms with Gasteiger partial charge in [-0.05, 0) is 43.7 Å². The summed E-state index contributed by atoms with van der Waals surface area (Å²) in [6.07, 6.45) is -0.992. The molecule has 0 spiro atoms. The van der Waals surface area contributed by atoms with Gasteiger partial charge in [0.25, 0.3) is 5.91 Å². The summed E-state index contributed by atoms with van der Waals surface area (Å²) >= 11 is 0. The number of carbonyl (C=O) groups is 2. The van der Waals surface area contributed by atoms with E-state index in [4.69, 9.17) is 4.74 Å². The van der Waals surface area contributed by atoms with Gasteiger partial charge in [0.2, 0.25) is 0 Å². The van der Waals surface area contributed by atoms with Crippen LogP contribution in [0.5, 0.6) is 0 Å². The summed E-state index contributed by atoms with van der Waals surface area (Å²) in [4.78, 5) is 28.8. The molecule has 0 fully saturated rings. The molecule has 3 rings (SSSR count). The van der Waals surface area contributed by atoms with E-state index in [1.165, 1.54) is 19.1 Å². The summed E-state index contributed by atoms with van der Waals surface area (Å²) in [5.74, 6) is -1.46. The SMILES string of the molecule is C[C@H](OC(=O)c1ccc2ccccc2n1)C(=O)N[C@H](C)c1ccc(F)cc1. The zero-order chi connectivity index (χ0) is 19.4. The molecule has 3 aromatic rings. The summed E-state index contributed by atoms with van der Waals surface area (Å²) < 4.78 is 18.2. The van der Waals surface area contributed by atoms with Gasteiger partial charge < -0.3 is 10.1 Å². The van der Waals surface area contributed by atoms with Crippen LogP contribution in [0.15, 0.2) is 60.7 Å². The van der Waals surface area contributed by atoms with Crippen LogP contribution < -0.4 is 5.32 Å². The first-order chi connectivity index (χ1) is 12.9. The van der Waals surface area contributed by atoms with Crippen molar-refractivity contribution < 1.29 is 18.7 Å². The van der Waals surface area contributed by atoms with Gasteiger partial charge in [0.15, 0.2) is 6.10 Å². The molecule has 1 heterocycles. The normalized spacial score (nSPS) is 13.0. The lowest BCUT2D eigenvalue weighted by atomic mass is 10.1. The van der Waals surface area contributed by atoms with Gasteiger partial charge in [-0.2, -0.15) is 0 Å². The third-order valence-corrected chi connectivity index (χ3v) is 4.19. The molecular weight excluding hydrogens is 347 g/mol. The molecule has 2 atom stereocenters. The predicted molar refractivity (Wildman–Crippen MR) is 99.6 cm³/mol. The largest absolute Gasteiger partial charge is 0.448 e. The first kappa shape index (κ1) is 18.5. The Kier molecular flexibility index (Phi) is 5.45. The van der Waals surface area contributed by atoms with Crippen molar-refractivity contribution in [2.75, 3.05) is 0 Å². The molecule has 6 heteroatoms. The van der Waals surface area contributed by atoms with Gasteiger partial charge in [0, 0.05) is 5.39 Å². The van der Waals surface area contributed by atoms with Gasteiger partial charge in [-0.3, -0.25) is 4.79 Å². The van der Waals surface area contributed by atoms with Crippen molar-refractivity contribution in [2.45, 2.75) is 26.0 Å². The number of ether oxygens (including phenoxy) is 1. The quantitative estimate of drug-likeness (QED) is 0.698. The lowest BCUT2D eigenvalue weighted by Gasteiger charge is -2.18. The number of esters is 1. The van der Waals surface area contributed by atoms with E-state index in [0.29, 0.717) is 5.52 Å². The molecular formula is C21H19FN2O3. The first-order valence-corrected chi connectivity index (χ1v) is 8.56. The number of aromatic nitrogens is 1. The van der Waals surface area contributed by atoms with Crippen molar-refractivity contribution in [2.24, 2.45) is 0 Å². The fourth-order valence-corrected chi connectivity index (χ4v) is 2.62. The van der Waals surface area contributed by atoms with Crippen molar-refractivity contribution in [3.8, 4) is 0 Å². The molecule has 0 aliphatic carbocycles. The highest BCUT2D eigenvalue weighted by Gasteiger charge is 2.21. The molecule has 0 bridgehead atoms. The maximum Gasteiger partial charge on any atom is 0.357 e. The molecule has 0 saturated heterocycles. The molecule has 0 radical (unpaired) electrons. The number of fused-ring (bicyclic) bond motifs is 1. The van der Waals surface area contributed by atoms with E-state index in [1.807, 2.05) is 18.2 Å². The maximum absolute atomic E-state index is 13.0. The lowest BCUT2D eigenvalue weighted by molar-refractivity contribution is -0.129. The Labute approximate surface area is 156 Å². The maximum atomic E-state index is 13.0. The van der Waals surface area contributed by atoms with Gasteiger partial charge >= 0.3 is 5.97 Å². The van der Waals surface area contributed by atoms with Crippen molar-refractivity contribution in [3.05, 3.63) is 77.7 Å². The van der Waals surface area contributed by atoms with Crippen molar-refractivity contribution in [1.29, 1.82) is 0 Å². The number of hydrogen-bond acceptors (Lipinski definition) is 4. The number of para-hydroxylation sites is 1. The summed E-state index contributed by atoms with van der Waals surface area (Å²) in [6.45, 7) is 3.26. The number of halogens is 1. The van der Waals surface area contributed by atoms with Crippen LogP contribution in [0.1, 0.15) is 35.9 Å². The molecule has 1 aromatic heterocycles. The average Bonchev–Trinajstić information content (AvgIpc) is 2.67. The van der Waals surface area contributed by atoms with Crippen LogP contribution in [0.2, 0.25) is 0 Å². The van der Waals surface area contributed by atoms with Crippen LogP contribution in [0.4, 0.5) is 4.39 Å². The first-order valence-electron chi connectivity index (χ1n) is 8.56. The summed E-state index contributed by atoms with van der Waals surface area (Å²) in [6, 6.07) is 16.2. The minimum absolute atomic E-state index is 0.139. The summed E-state index contributed by atoms with van der Waals surface area (Å²) in [7, 11) is 0. The molecule has 27 heavy (non-hydrogen) atoms. The number of nitrogens with one attached hydrogen (secondary N) is 1. The van der Waals surface area contributed by atoms with E-state index in [1.54, 1.807) is 37.3 Å². The van der Waals surface area contributed by atoms with E-state index in [0.717, 1.165) is 10.9 Å². The van der Waals surface area contributed by atoms with E-state index in [9.17, 15) is 14.0 Å². The van der Waals surface area contributed by atoms with Crippen LogP contribution in [0.3, 0.4) is 0 Å². The third-order valence-electron chi connectivity index (χ3n) is 4.19. The van der Waals surface area contributed by atoms with E-state index >= 15 is 0 Å². The van der Waals surface area contributed by atoms with Crippen LogP contribution in [0, 0.1) is 5.82 Å². The molecule has 2 aromatic carbocycles. The van der Waals surface area contributed by atoms with Crippen molar-refractivity contribution in [3.63, 3.8) is 0 Å². The molecule has 1 N–H and O–H groups in total. The van der Waals surface area contributed by atoms with E-state index in [-0.39, 0.29) is 17.6 Å². The Morgan fingerprint density at radius 2 is 1.70 bits per heavy atom. The highest BCUT2D eigenvalue weighted by Crippen LogP contribution is 2.15. The molecule has 0 saturated carbocycles.